The fraction of sp³-hybridized carbons (Fsp3) is 0.294. The Balaban J connectivity index is 1.66. The number of carbonyl (C=O) groups excluding carboxylic acids is 2. The molecule has 0 fully saturated rings. The van der Waals surface area contributed by atoms with Crippen LogP contribution in [0.25, 0.3) is 0 Å². The summed E-state index contributed by atoms with van der Waals surface area (Å²) >= 11 is 3.29. The van der Waals surface area contributed by atoms with Gasteiger partial charge in [-0.05, 0) is 53.0 Å². The van der Waals surface area contributed by atoms with E-state index in [1.54, 1.807) is 23.9 Å². The fourth-order valence-electron chi connectivity index (χ4n) is 2.13. The first-order valence-electron chi connectivity index (χ1n) is 7.56. The number of rotatable bonds is 6. The zero-order chi connectivity index (χ0) is 17.5. The number of aromatic nitrogens is 1. The van der Waals surface area contributed by atoms with E-state index in [9.17, 15) is 9.59 Å². The highest BCUT2D eigenvalue weighted by molar-refractivity contribution is 9.10. The molecule has 6 nitrogen and oxygen atoms in total. The zero-order valence-electron chi connectivity index (χ0n) is 13.6. The van der Waals surface area contributed by atoms with E-state index in [0.717, 1.165) is 15.8 Å². The van der Waals surface area contributed by atoms with Gasteiger partial charge in [0.15, 0.2) is 0 Å². The van der Waals surface area contributed by atoms with Gasteiger partial charge < -0.3 is 9.30 Å². The molecular formula is C17H20BrN3O3. The van der Waals surface area contributed by atoms with Gasteiger partial charge >= 0.3 is 0 Å². The van der Waals surface area contributed by atoms with E-state index in [0.29, 0.717) is 18.7 Å². The lowest BCUT2D eigenvalue weighted by molar-refractivity contribution is -0.122. The molecule has 2 N–H and O–H groups in total. The molecule has 2 rings (SSSR count). The van der Waals surface area contributed by atoms with Gasteiger partial charge in [-0.1, -0.05) is 12.1 Å². The number of ether oxygens (including phenoxy) is 1. The maximum Gasteiger partial charge on any atom is 0.286 e. The third-order valence-electron chi connectivity index (χ3n) is 3.33. The maximum atomic E-state index is 11.9. The molecule has 2 aromatic rings. The largest absolute Gasteiger partial charge is 0.494 e. The van der Waals surface area contributed by atoms with Crippen LogP contribution in [-0.2, 0) is 11.8 Å². The minimum absolute atomic E-state index is 0.260. The summed E-state index contributed by atoms with van der Waals surface area (Å²) in [5, 5.41) is 0. The minimum atomic E-state index is -0.368. The number of aryl methyl sites for hydroxylation is 2. The molecule has 0 unspecified atom stereocenters. The SMILES string of the molecule is Cc1cccc(OCCCC(=O)NNC(=O)c2cc(Br)cn2C)c1. The van der Waals surface area contributed by atoms with Gasteiger partial charge in [0.2, 0.25) is 5.91 Å². The molecule has 1 aromatic heterocycles. The minimum Gasteiger partial charge on any atom is -0.494 e. The number of benzene rings is 1. The maximum absolute atomic E-state index is 11.9. The van der Waals surface area contributed by atoms with Gasteiger partial charge in [-0.25, -0.2) is 0 Å². The second-order valence-electron chi connectivity index (χ2n) is 5.43. The van der Waals surface area contributed by atoms with E-state index in [1.807, 2.05) is 31.2 Å². The first-order chi connectivity index (χ1) is 11.5. The number of carbonyl (C=O) groups is 2. The van der Waals surface area contributed by atoms with E-state index in [1.165, 1.54) is 0 Å². The molecule has 0 atom stereocenters. The van der Waals surface area contributed by atoms with Crippen LogP contribution in [0.15, 0.2) is 41.0 Å². The number of amides is 2. The van der Waals surface area contributed by atoms with Gasteiger partial charge in [0.25, 0.3) is 5.91 Å². The second-order valence-corrected chi connectivity index (χ2v) is 6.34. The Kier molecular flexibility index (Phi) is 6.43. The third-order valence-corrected chi connectivity index (χ3v) is 3.76. The van der Waals surface area contributed by atoms with Crippen LogP contribution in [-0.4, -0.2) is 23.0 Å². The highest BCUT2D eigenvalue weighted by atomic mass is 79.9. The van der Waals surface area contributed by atoms with Crippen molar-refractivity contribution in [1.29, 1.82) is 0 Å². The summed E-state index contributed by atoms with van der Waals surface area (Å²) in [7, 11) is 1.75. The van der Waals surface area contributed by atoms with Gasteiger partial charge in [0.05, 0.1) is 6.61 Å². The molecule has 128 valence electrons. The van der Waals surface area contributed by atoms with Crippen molar-refractivity contribution >= 4 is 27.7 Å². The summed E-state index contributed by atoms with van der Waals surface area (Å²) < 4.78 is 8.04. The molecule has 0 bridgehead atoms. The molecule has 0 aliphatic carbocycles. The first kappa shape index (κ1) is 18.1. The Morgan fingerprint density at radius 1 is 1.25 bits per heavy atom. The Morgan fingerprint density at radius 3 is 2.71 bits per heavy atom. The van der Waals surface area contributed by atoms with Crippen molar-refractivity contribution in [3.05, 3.63) is 52.3 Å². The van der Waals surface area contributed by atoms with E-state index in [-0.39, 0.29) is 18.2 Å². The molecule has 1 heterocycles. The van der Waals surface area contributed by atoms with E-state index in [4.69, 9.17) is 4.74 Å². The van der Waals surface area contributed by atoms with Crippen molar-refractivity contribution < 1.29 is 14.3 Å². The molecule has 1 aromatic carbocycles. The van der Waals surface area contributed by atoms with Crippen LogP contribution in [0.3, 0.4) is 0 Å². The van der Waals surface area contributed by atoms with Gasteiger partial charge in [-0.2, -0.15) is 0 Å². The van der Waals surface area contributed by atoms with Crippen molar-refractivity contribution in [3.63, 3.8) is 0 Å². The highest BCUT2D eigenvalue weighted by Crippen LogP contribution is 2.13. The zero-order valence-corrected chi connectivity index (χ0v) is 15.2. The summed E-state index contributed by atoms with van der Waals surface area (Å²) in [5.41, 5.74) is 6.37. The Hall–Kier alpha value is -2.28. The first-order valence-corrected chi connectivity index (χ1v) is 8.35. The number of hydrazine groups is 1. The van der Waals surface area contributed by atoms with Crippen LogP contribution < -0.4 is 15.6 Å². The van der Waals surface area contributed by atoms with Gasteiger partial charge in [-0.3, -0.25) is 20.4 Å². The number of nitrogens with zero attached hydrogens (tertiary/aromatic N) is 1. The molecule has 0 aliphatic rings. The van der Waals surface area contributed by atoms with Crippen molar-refractivity contribution in [2.75, 3.05) is 6.61 Å². The predicted molar refractivity (Wildman–Crippen MR) is 94.6 cm³/mol. The summed E-state index contributed by atoms with van der Waals surface area (Å²) in [6.07, 6.45) is 2.59. The lowest BCUT2D eigenvalue weighted by atomic mass is 10.2. The fourth-order valence-corrected chi connectivity index (χ4v) is 2.65. The van der Waals surface area contributed by atoms with Crippen LogP contribution in [0.4, 0.5) is 0 Å². The molecule has 7 heteroatoms. The molecular weight excluding hydrogens is 374 g/mol. The number of halogens is 1. The molecule has 0 aliphatic heterocycles. The average molecular weight is 394 g/mol. The molecule has 24 heavy (non-hydrogen) atoms. The third kappa shape index (κ3) is 5.42. The second kappa shape index (κ2) is 8.54. The van der Waals surface area contributed by atoms with Crippen LogP contribution in [0, 0.1) is 6.92 Å². The van der Waals surface area contributed by atoms with E-state index < -0.39 is 0 Å². The monoisotopic (exact) mass is 393 g/mol. The number of hydrogen-bond donors (Lipinski definition) is 2. The van der Waals surface area contributed by atoms with Crippen molar-refractivity contribution in [1.82, 2.24) is 15.4 Å². The summed E-state index contributed by atoms with van der Waals surface area (Å²) in [6.45, 7) is 2.43. The predicted octanol–water partition coefficient (Wildman–Crippen LogP) is 2.72. The summed E-state index contributed by atoms with van der Waals surface area (Å²) in [6, 6.07) is 9.42. The summed E-state index contributed by atoms with van der Waals surface area (Å²) in [4.78, 5) is 23.7. The molecule has 0 spiro atoms. The topological polar surface area (TPSA) is 72.4 Å². The lowest BCUT2D eigenvalue weighted by Crippen LogP contribution is -2.42. The Labute approximate surface area is 149 Å². The highest BCUT2D eigenvalue weighted by Gasteiger charge is 2.11. The van der Waals surface area contributed by atoms with Gasteiger partial charge in [0, 0.05) is 24.1 Å². The molecule has 0 radical (unpaired) electrons. The van der Waals surface area contributed by atoms with Crippen molar-refractivity contribution in [3.8, 4) is 5.75 Å². The van der Waals surface area contributed by atoms with Crippen LogP contribution in [0.1, 0.15) is 28.9 Å². The Morgan fingerprint density at radius 2 is 2.04 bits per heavy atom. The van der Waals surface area contributed by atoms with Crippen molar-refractivity contribution in [2.45, 2.75) is 19.8 Å². The van der Waals surface area contributed by atoms with Crippen molar-refractivity contribution in [2.24, 2.45) is 7.05 Å². The molecule has 0 saturated carbocycles. The standard InChI is InChI=1S/C17H20BrN3O3/c1-12-5-3-6-14(9-12)24-8-4-7-16(22)19-20-17(23)15-10-13(18)11-21(15)2/h3,5-6,9-11H,4,7-8H2,1-2H3,(H,19,22)(H,20,23). The molecule has 2 amide bonds. The number of nitrogens with one attached hydrogen (secondary N) is 2. The van der Waals surface area contributed by atoms with Gasteiger partial charge in [0.1, 0.15) is 11.4 Å². The molecule has 0 saturated heterocycles. The van der Waals surface area contributed by atoms with E-state index in [2.05, 4.69) is 26.8 Å². The smallest absolute Gasteiger partial charge is 0.286 e. The Bertz CT molecular complexity index is 728. The average Bonchev–Trinajstić information content (AvgIpc) is 2.88. The van der Waals surface area contributed by atoms with Crippen LogP contribution >= 0.6 is 15.9 Å². The van der Waals surface area contributed by atoms with Gasteiger partial charge in [-0.15, -0.1) is 0 Å². The van der Waals surface area contributed by atoms with E-state index >= 15 is 0 Å². The quantitative estimate of drug-likeness (QED) is 0.585. The lowest BCUT2D eigenvalue weighted by Gasteiger charge is -2.09. The van der Waals surface area contributed by atoms with Crippen LogP contribution in [0.5, 0.6) is 5.75 Å². The number of hydrogen-bond acceptors (Lipinski definition) is 3. The van der Waals surface area contributed by atoms with Crippen LogP contribution in [0.2, 0.25) is 0 Å². The summed E-state index contributed by atoms with van der Waals surface area (Å²) in [5.74, 6) is 0.162. The normalized spacial score (nSPS) is 10.3.